The normalized spacial score (nSPS) is 16.7. The average molecular weight is 526 g/mol. The van der Waals surface area contributed by atoms with Gasteiger partial charge in [-0.3, -0.25) is 9.39 Å². The van der Waals surface area contributed by atoms with Gasteiger partial charge in [-0.15, -0.1) is 34.2 Å². The van der Waals surface area contributed by atoms with E-state index in [1.807, 2.05) is 47.0 Å². The van der Waals surface area contributed by atoms with E-state index in [9.17, 15) is 0 Å². The minimum Gasteiger partial charge on any atom is -0.369 e. The highest BCUT2D eigenvalue weighted by Gasteiger charge is 2.23. The van der Waals surface area contributed by atoms with Crippen LogP contribution in [0.25, 0.3) is 5.65 Å². The second kappa shape index (κ2) is 10.1. The van der Waals surface area contributed by atoms with E-state index < -0.39 is 0 Å². The predicted molar refractivity (Wildman–Crippen MR) is 129 cm³/mol. The van der Waals surface area contributed by atoms with Crippen LogP contribution >= 0.6 is 35.6 Å². The lowest BCUT2D eigenvalue weighted by Gasteiger charge is -2.20. The molecular weight excluding hydrogens is 501 g/mol. The molecule has 1 aromatic carbocycles. The van der Waals surface area contributed by atoms with Crippen molar-refractivity contribution in [3.05, 3.63) is 59.5 Å². The summed E-state index contributed by atoms with van der Waals surface area (Å²) < 4.78 is 2.01. The second-order valence-electron chi connectivity index (χ2n) is 6.85. The van der Waals surface area contributed by atoms with Gasteiger partial charge in [0.2, 0.25) is 0 Å². The van der Waals surface area contributed by atoms with Gasteiger partial charge in [0.05, 0.1) is 0 Å². The molecule has 1 unspecified atom stereocenters. The number of fused-ring (bicyclic) bond motifs is 1. The van der Waals surface area contributed by atoms with Gasteiger partial charge in [0, 0.05) is 56.1 Å². The van der Waals surface area contributed by atoms with E-state index in [2.05, 4.69) is 36.8 Å². The third kappa shape index (κ3) is 5.30. The number of halogens is 2. The fraction of sp³-hybridized carbons (Fsp3) is 0.350. The van der Waals surface area contributed by atoms with Crippen molar-refractivity contribution in [1.82, 2.24) is 25.2 Å². The highest BCUT2D eigenvalue weighted by atomic mass is 127. The Morgan fingerprint density at radius 1 is 1.24 bits per heavy atom. The number of nitrogens with zero attached hydrogens (tertiary/aromatic N) is 5. The number of rotatable bonds is 5. The van der Waals surface area contributed by atoms with Crippen LogP contribution in [-0.2, 0) is 6.42 Å². The third-order valence-electron chi connectivity index (χ3n) is 4.95. The standard InChI is InChI=1S/C20H24ClN7.HI/c1-22-20(23-10-8-19-26-25-18-7-2-3-11-28(18)19)24-16-9-12-27(14-16)17-6-4-5-15(21)13-17;/h2-7,11,13,16H,8-10,12,14H2,1H3,(H2,22,23,24);1H. The minimum absolute atomic E-state index is 0. The van der Waals surface area contributed by atoms with Gasteiger partial charge < -0.3 is 15.5 Å². The van der Waals surface area contributed by atoms with E-state index >= 15 is 0 Å². The first kappa shape index (κ1) is 21.6. The molecule has 1 aliphatic rings. The summed E-state index contributed by atoms with van der Waals surface area (Å²) in [5, 5.41) is 16.1. The molecule has 2 aromatic heterocycles. The van der Waals surface area contributed by atoms with Crippen LogP contribution in [0, 0.1) is 0 Å². The molecule has 1 saturated heterocycles. The van der Waals surface area contributed by atoms with Crippen LogP contribution in [0.5, 0.6) is 0 Å². The first-order chi connectivity index (χ1) is 13.7. The number of pyridine rings is 1. The van der Waals surface area contributed by atoms with Crippen LogP contribution in [-0.4, -0.2) is 53.3 Å². The van der Waals surface area contributed by atoms with Crippen LogP contribution < -0.4 is 15.5 Å². The zero-order valence-corrected chi connectivity index (χ0v) is 19.3. The smallest absolute Gasteiger partial charge is 0.191 e. The van der Waals surface area contributed by atoms with E-state index in [4.69, 9.17) is 11.6 Å². The second-order valence-corrected chi connectivity index (χ2v) is 7.29. The Labute approximate surface area is 192 Å². The SMILES string of the molecule is CN=C(NCCc1nnc2ccccn12)NC1CCN(c2cccc(Cl)c2)C1.I. The van der Waals surface area contributed by atoms with E-state index in [1.54, 1.807) is 7.05 Å². The zero-order chi connectivity index (χ0) is 19.3. The van der Waals surface area contributed by atoms with Crippen LogP contribution in [0.1, 0.15) is 12.2 Å². The summed E-state index contributed by atoms with van der Waals surface area (Å²) >= 11 is 6.12. The summed E-state index contributed by atoms with van der Waals surface area (Å²) in [6.45, 7) is 2.66. The molecule has 3 aromatic rings. The molecule has 0 bridgehead atoms. The quantitative estimate of drug-likeness (QED) is 0.305. The molecule has 0 spiro atoms. The van der Waals surface area contributed by atoms with E-state index in [0.29, 0.717) is 6.04 Å². The maximum Gasteiger partial charge on any atom is 0.191 e. The van der Waals surface area contributed by atoms with Crippen molar-refractivity contribution < 1.29 is 0 Å². The van der Waals surface area contributed by atoms with Gasteiger partial charge in [-0.1, -0.05) is 23.7 Å². The molecule has 0 amide bonds. The van der Waals surface area contributed by atoms with Crippen LogP contribution in [0.15, 0.2) is 53.7 Å². The fourth-order valence-corrected chi connectivity index (χ4v) is 3.71. The van der Waals surface area contributed by atoms with E-state index in [1.165, 1.54) is 5.69 Å². The maximum absolute atomic E-state index is 6.12. The van der Waals surface area contributed by atoms with Gasteiger partial charge in [-0.2, -0.15) is 0 Å². The Kier molecular flexibility index (Phi) is 7.54. The molecular formula is C20H25ClIN7. The summed E-state index contributed by atoms with van der Waals surface area (Å²) in [6.07, 6.45) is 3.81. The summed E-state index contributed by atoms with van der Waals surface area (Å²) in [6, 6.07) is 14.3. The topological polar surface area (TPSA) is 69.8 Å². The average Bonchev–Trinajstić information content (AvgIpc) is 3.35. The monoisotopic (exact) mass is 525 g/mol. The lowest BCUT2D eigenvalue weighted by atomic mass is 10.2. The van der Waals surface area contributed by atoms with Crippen molar-refractivity contribution in [3.8, 4) is 0 Å². The number of aliphatic imine (C=N–C) groups is 1. The Bertz CT molecular complexity index is 974. The molecule has 154 valence electrons. The lowest BCUT2D eigenvalue weighted by molar-refractivity contribution is 0.646. The summed E-state index contributed by atoms with van der Waals surface area (Å²) in [7, 11) is 1.80. The molecule has 0 aliphatic carbocycles. The number of hydrogen-bond donors (Lipinski definition) is 2. The summed E-state index contributed by atoms with van der Waals surface area (Å²) in [5.74, 6) is 1.75. The number of nitrogens with one attached hydrogen (secondary N) is 2. The van der Waals surface area contributed by atoms with Gasteiger partial charge in [-0.05, 0) is 36.8 Å². The van der Waals surface area contributed by atoms with Crippen molar-refractivity contribution >= 4 is 52.9 Å². The highest BCUT2D eigenvalue weighted by Crippen LogP contribution is 2.23. The van der Waals surface area contributed by atoms with Crippen LogP contribution in [0.2, 0.25) is 5.02 Å². The number of guanidine groups is 1. The van der Waals surface area contributed by atoms with Gasteiger partial charge in [0.15, 0.2) is 11.6 Å². The number of benzene rings is 1. The summed E-state index contributed by atoms with van der Waals surface area (Å²) in [5.41, 5.74) is 2.03. The fourth-order valence-electron chi connectivity index (χ4n) is 3.53. The molecule has 2 N–H and O–H groups in total. The molecule has 4 rings (SSSR count). The predicted octanol–water partition coefficient (Wildman–Crippen LogP) is 2.99. The first-order valence-corrected chi connectivity index (χ1v) is 9.87. The number of aromatic nitrogens is 3. The van der Waals surface area contributed by atoms with Crippen molar-refractivity contribution in [3.63, 3.8) is 0 Å². The Hall–Kier alpha value is -2.07. The zero-order valence-electron chi connectivity index (χ0n) is 16.3. The van der Waals surface area contributed by atoms with Gasteiger partial charge in [0.25, 0.3) is 0 Å². The molecule has 29 heavy (non-hydrogen) atoms. The Morgan fingerprint density at radius 2 is 2.14 bits per heavy atom. The van der Waals surface area contributed by atoms with E-state index in [0.717, 1.165) is 54.9 Å². The van der Waals surface area contributed by atoms with Crippen molar-refractivity contribution in [1.29, 1.82) is 0 Å². The maximum atomic E-state index is 6.12. The highest BCUT2D eigenvalue weighted by molar-refractivity contribution is 14.0. The van der Waals surface area contributed by atoms with Crippen LogP contribution in [0.3, 0.4) is 0 Å². The van der Waals surface area contributed by atoms with Gasteiger partial charge in [0.1, 0.15) is 5.82 Å². The van der Waals surface area contributed by atoms with Crippen molar-refractivity contribution in [2.24, 2.45) is 4.99 Å². The Morgan fingerprint density at radius 3 is 2.97 bits per heavy atom. The number of anilines is 1. The van der Waals surface area contributed by atoms with Crippen LogP contribution in [0.4, 0.5) is 5.69 Å². The first-order valence-electron chi connectivity index (χ1n) is 9.49. The molecule has 1 fully saturated rings. The molecule has 7 nitrogen and oxygen atoms in total. The molecule has 9 heteroatoms. The van der Waals surface area contributed by atoms with Crippen molar-refractivity contribution in [2.45, 2.75) is 18.9 Å². The molecule has 1 atom stereocenters. The summed E-state index contributed by atoms with van der Waals surface area (Å²) in [4.78, 5) is 6.70. The van der Waals surface area contributed by atoms with E-state index in [-0.39, 0.29) is 24.0 Å². The molecule has 0 radical (unpaired) electrons. The molecule has 3 heterocycles. The number of hydrogen-bond acceptors (Lipinski definition) is 4. The third-order valence-corrected chi connectivity index (χ3v) is 5.19. The largest absolute Gasteiger partial charge is 0.369 e. The van der Waals surface area contributed by atoms with Gasteiger partial charge in [-0.25, -0.2) is 0 Å². The van der Waals surface area contributed by atoms with Gasteiger partial charge >= 0.3 is 0 Å². The lowest BCUT2D eigenvalue weighted by Crippen LogP contribution is -2.45. The molecule has 0 saturated carbocycles. The van der Waals surface area contributed by atoms with Crippen molar-refractivity contribution in [2.75, 3.05) is 31.6 Å². The minimum atomic E-state index is 0. The Balaban J connectivity index is 0.00000240. The molecule has 1 aliphatic heterocycles.